The number of hydrogen-bond donors (Lipinski definition) is 3. The van der Waals surface area contributed by atoms with Gasteiger partial charge in [-0.15, -0.1) is 0 Å². The molecule has 0 aromatic carbocycles. The quantitative estimate of drug-likeness (QED) is 0.709. The average Bonchev–Trinajstić information content (AvgIpc) is 2.36. The first-order valence-electron chi connectivity index (χ1n) is 5.33. The lowest BCUT2D eigenvalue weighted by Gasteiger charge is -2.11. The lowest BCUT2D eigenvalue weighted by molar-refractivity contribution is -0.127. The van der Waals surface area contributed by atoms with Crippen LogP contribution in [0.1, 0.15) is 10.4 Å². The van der Waals surface area contributed by atoms with E-state index in [-0.39, 0.29) is 23.7 Å². The molecule has 3 N–H and O–H groups in total. The Morgan fingerprint density at radius 3 is 2.58 bits per heavy atom. The van der Waals surface area contributed by atoms with Gasteiger partial charge >= 0.3 is 12.0 Å². The largest absolute Gasteiger partial charge is 0.478 e. The number of carbonyl (C=O) groups is 3. The molecule has 0 saturated heterocycles. The zero-order chi connectivity index (χ0) is 14.4. The number of anilines is 1. The lowest BCUT2D eigenvalue weighted by atomic mass is 10.3. The summed E-state index contributed by atoms with van der Waals surface area (Å²) in [6.07, 6.45) is 2.47. The Hall–Kier alpha value is -2.64. The molecule has 0 radical (unpaired) electrons. The summed E-state index contributed by atoms with van der Waals surface area (Å²) in [5.74, 6) is -1.40. The zero-order valence-corrected chi connectivity index (χ0v) is 10.5. The van der Waals surface area contributed by atoms with Crippen LogP contribution in [0.4, 0.5) is 10.5 Å². The van der Waals surface area contributed by atoms with Crippen LogP contribution in [0.25, 0.3) is 0 Å². The molecule has 0 saturated carbocycles. The molecule has 0 unspecified atom stereocenters. The second kappa shape index (κ2) is 6.34. The molecular formula is C11H14N4O4. The number of hydrogen-bond acceptors (Lipinski definition) is 4. The van der Waals surface area contributed by atoms with Gasteiger partial charge in [-0.25, -0.2) is 9.59 Å². The number of carboxylic acid groups (broad SMARTS) is 1. The van der Waals surface area contributed by atoms with Crippen molar-refractivity contribution in [1.29, 1.82) is 0 Å². The van der Waals surface area contributed by atoms with Gasteiger partial charge in [0.05, 0.1) is 24.0 Å². The van der Waals surface area contributed by atoms with E-state index in [2.05, 4.69) is 15.6 Å². The van der Waals surface area contributed by atoms with Gasteiger partial charge in [0, 0.05) is 20.3 Å². The average molecular weight is 266 g/mol. The maximum absolute atomic E-state index is 11.5. The Balaban J connectivity index is 2.55. The van der Waals surface area contributed by atoms with Gasteiger partial charge in [0.2, 0.25) is 5.91 Å². The van der Waals surface area contributed by atoms with E-state index < -0.39 is 12.0 Å². The highest BCUT2D eigenvalue weighted by Crippen LogP contribution is 2.07. The van der Waals surface area contributed by atoms with Crippen LogP contribution in [0, 0.1) is 0 Å². The number of pyridine rings is 1. The topological polar surface area (TPSA) is 112 Å². The minimum Gasteiger partial charge on any atom is -0.478 e. The van der Waals surface area contributed by atoms with Crippen molar-refractivity contribution in [1.82, 2.24) is 15.2 Å². The van der Waals surface area contributed by atoms with E-state index in [9.17, 15) is 14.4 Å². The minimum atomic E-state index is -1.14. The Morgan fingerprint density at radius 2 is 2.00 bits per heavy atom. The van der Waals surface area contributed by atoms with Gasteiger partial charge in [0.25, 0.3) is 0 Å². The highest BCUT2D eigenvalue weighted by molar-refractivity contribution is 5.94. The number of carboxylic acids is 1. The van der Waals surface area contributed by atoms with Crippen molar-refractivity contribution in [2.45, 2.75) is 0 Å². The number of carbonyl (C=O) groups excluding carboxylic acids is 2. The highest BCUT2D eigenvalue weighted by atomic mass is 16.4. The number of nitrogens with one attached hydrogen (secondary N) is 2. The second-order valence-electron chi connectivity index (χ2n) is 3.86. The molecule has 1 heterocycles. The molecule has 0 spiro atoms. The summed E-state index contributed by atoms with van der Waals surface area (Å²) < 4.78 is 0. The van der Waals surface area contributed by atoms with Gasteiger partial charge in [0.1, 0.15) is 0 Å². The van der Waals surface area contributed by atoms with Crippen LogP contribution in [0.5, 0.6) is 0 Å². The number of aromatic carboxylic acids is 1. The van der Waals surface area contributed by atoms with Gasteiger partial charge in [-0.05, 0) is 6.07 Å². The summed E-state index contributed by atoms with van der Waals surface area (Å²) in [5.41, 5.74) is 0.192. The molecule has 0 aliphatic rings. The van der Waals surface area contributed by atoms with Gasteiger partial charge in [0.15, 0.2) is 0 Å². The summed E-state index contributed by atoms with van der Waals surface area (Å²) >= 11 is 0. The molecule has 102 valence electrons. The molecule has 1 rings (SSSR count). The molecule has 1 aromatic heterocycles. The van der Waals surface area contributed by atoms with Gasteiger partial charge in [-0.2, -0.15) is 0 Å². The van der Waals surface area contributed by atoms with E-state index in [1.807, 2.05) is 0 Å². The van der Waals surface area contributed by atoms with Gasteiger partial charge in [-0.1, -0.05) is 0 Å². The zero-order valence-electron chi connectivity index (χ0n) is 10.5. The molecule has 19 heavy (non-hydrogen) atoms. The van der Waals surface area contributed by atoms with Crippen molar-refractivity contribution in [3.63, 3.8) is 0 Å². The molecule has 1 aromatic rings. The maximum Gasteiger partial charge on any atom is 0.337 e. The summed E-state index contributed by atoms with van der Waals surface area (Å²) in [5, 5.41) is 13.5. The van der Waals surface area contributed by atoms with Crippen LogP contribution < -0.4 is 10.6 Å². The van der Waals surface area contributed by atoms with Crippen LogP contribution in [0.2, 0.25) is 0 Å². The molecule has 0 atom stereocenters. The van der Waals surface area contributed by atoms with E-state index in [1.54, 1.807) is 14.1 Å². The molecule has 3 amide bonds. The highest BCUT2D eigenvalue weighted by Gasteiger charge is 2.09. The van der Waals surface area contributed by atoms with Gasteiger partial charge < -0.3 is 20.6 Å². The third-order valence-corrected chi connectivity index (χ3v) is 2.14. The molecule has 0 aliphatic carbocycles. The third-order valence-electron chi connectivity index (χ3n) is 2.14. The monoisotopic (exact) mass is 266 g/mol. The summed E-state index contributed by atoms with van der Waals surface area (Å²) in [7, 11) is 3.14. The molecule has 0 bridgehead atoms. The van der Waals surface area contributed by atoms with Crippen molar-refractivity contribution in [2.75, 3.05) is 26.0 Å². The van der Waals surface area contributed by atoms with Crippen LogP contribution in [0.3, 0.4) is 0 Å². The molecule has 0 aliphatic heterocycles. The first-order chi connectivity index (χ1) is 8.90. The van der Waals surface area contributed by atoms with E-state index in [1.165, 1.54) is 23.4 Å². The van der Waals surface area contributed by atoms with E-state index in [4.69, 9.17) is 5.11 Å². The third kappa shape index (κ3) is 4.62. The van der Waals surface area contributed by atoms with Crippen molar-refractivity contribution in [3.8, 4) is 0 Å². The molecular weight excluding hydrogens is 252 g/mol. The van der Waals surface area contributed by atoms with E-state index in [0.717, 1.165) is 0 Å². The fraction of sp³-hybridized carbons (Fsp3) is 0.273. The Bertz CT molecular complexity index is 501. The Morgan fingerprint density at radius 1 is 1.32 bits per heavy atom. The normalized spacial score (nSPS) is 9.58. The van der Waals surface area contributed by atoms with Crippen LogP contribution in [-0.4, -0.2) is 53.5 Å². The maximum atomic E-state index is 11.5. The van der Waals surface area contributed by atoms with Crippen molar-refractivity contribution >= 4 is 23.6 Å². The minimum absolute atomic E-state index is 0.0397. The number of nitrogens with zero attached hydrogens (tertiary/aromatic N) is 2. The fourth-order valence-electron chi connectivity index (χ4n) is 1.11. The number of likely N-dealkylation sites (N-methyl/N-ethyl adjacent to an activating group) is 1. The second-order valence-corrected chi connectivity index (χ2v) is 3.86. The number of urea groups is 1. The first-order valence-corrected chi connectivity index (χ1v) is 5.33. The predicted molar refractivity (Wildman–Crippen MR) is 66.9 cm³/mol. The van der Waals surface area contributed by atoms with Crippen molar-refractivity contribution in [3.05, 3.63) is 24.0 Å². The Labute approximate surface area is 109 Å². The number of amides is 3. The summed E-state index contributed by atoms with van der Waals surface area (Å²) in [4.78, 5) is 38.4. The fourth-order valence-corrected chi connectivity index (χ4v) is 1.11. The Kier molecular flexibility index (Phi) is 4.81. The summed E-state index contributed by atoms with van der Waals surface area (Å²) in [6, 6.07) is 0.655. The lowest BCUT2D eigenvalue weighted by Crippen LogP contribution is -2.38. The smallest absolute Gasteiger partial charge is 0.337 e. The number of rotatable bonds is 4. The van der Waals surface area contributed by atoms with Crippen LogP contribution in [-0.2, 0) is 4.79 Å². The SMILES string of the molecule is CN(C)C(=O)CNC(=O)Nc1cncc(C(=O)O)c1. The predicted octanol–water partition coefficient (Wildman–Crippen LogP) is -0.0105. The van der Waals surface area contributed by atoms with Crippen molar-refractivity contribution in [2.24, 2.45) is 0 Å². The molecule has 0 fully saturated rings. The molecule has 8 nitrogen and oxygen atoms in total. The van der Waals surface area contributed by atoms with Crippen LogP contribution in [0.15, 0.2) is 18.5 Å². The van der Waals surface area contributed by atoms with Crippen LogP contribution >= 0.6 is 0 Å². The number of aromatic nitrogens is 1. The van der Waals surface area contributed by atoms with Gasteiger partial charge in [-0.3, -0.25) is 9.78 Å². The summed E-state index contributed by atoms with van der Waals surface area (Å²) in [6.45, 7) is -0.148. The standard InChI is InChI=1S/C11H14N4O4/c1-15(2)9(16)6-13-11(19)14-8-3-7(10(17)18)4-12-5-8/h3-5H,6H2,1-2H3,(H,17,18)(H2,13,14,19). The first kappa shape index (κ1) is 14.4. The van der Waals surface area contributed by atoms with E-state index >= 15 is 0 Å². The molecule has 8 heteroatoms. The van der Waals surface area contributed by atoms with E-state index in [0.29, 0.717) is 0 Å². The van der Waals surface area contributed by atoms with Crippen molar-refractivity contribution < 1.29 is 19.5 Å².